The first-order valence-corrected chi connectivity index (χ1v) is 5.69. The molecule has 0 spiro atoms. The van der Waals surface area contributed by atoms with Crippen LogP contribution >= 0.6 is 0 Å². The molecule has 1 atom stereocenters. The van der Waals surface area contributed by atoms with Gasteiger partial charge in [-0.15, -0.1) is 0 Å². The smallest absolute Gasteiger partial charge is 0.253 e. The number of nitrogens with two attached hydrogens (primary N) is 1. The topological polar surface area (TPSA) is 67.2 Å². The number of amides is 1. The van der Waals surface area contributed by atoms with E-state index in [1.54, 1.807) is 6.07 Å². The van der Waals surface area contributed by atoms with Gasteiger partial charge in [0.1, 0.15) is 5.82 Å². The second-order valence-electron chi connectivity index (χ2n) is 4.41. The molecule has 1 amide bonds. The van der Waals surface area contributed by atoms with Gasteiger partial charge in [-0.1, -0.05) is 6.07 Å². The van der Waals surface area contributed by atoms with Gasteiger partial charge in [-0.3, -0.25) is 10.6 Å². The van der Waals surface area contributed by atoms with Crippen LogP contribution in [0, 0.1) is 11.7 Å². The van der Waals surface area contributed by atoms with Gasteiger partial charge in [-0.25, -0.2) is 4.39 Å². The monoisotopic (exact) mass is 237 g/mol. The van der Waals surface area contributed by atoms with E-state index in [0.717, 1.165) is 12.8 Å². The number of carbonyl (C=O) groups excluding carboxylic acids is 1. The van der Waals surface area contributed by atoms with E-state index < -0.39 is 5.82 Å². The van der Waals surface area contributed by atoms with Crippen LogP contribution < -0.4 is 16.6 Å². The lowest BCUT2D eigenvalue weighted by Crippen LogP contribution is -2.34. The molecule has 2 rings (SSSR count). The highest BCUT2D eigenvalue weighted by Gasteiger charge is 2.29. The number of carbonyl (C=O) groups is 1. The molecular formula is C12H16FN3O. The Bertz CT molecular complexity index is 432. The molecular weight excluding hydrogens is 221 g/mol. The van der Waals surface area contributed by atoms with Crippen molar-refractivity contribution < 1.29 is 9.18 Å². The minimum Gasteiger partial charge on any atom is -0.349 e. The maximum atomic E-state index is 13.4. The number of para-hydroxylation sites is 1. The summed E-state index contributed by atoms with van der Waals surface area (Å²) in [5.74, 6) is 4.96. The summed E-state index contributed by atoms with van der Waals surface area (Å²) in [5, 5.41) is 2.86. The number of hydrogen-bond donors (Lipinski definition) is 3. The van der Waals surface area contributed by atoms with Gasteiger partial charge in [0, 0.05) is 6.04 Å². The first-order chi connectivity index (χ1) is 8.13. The van der Waals surface area contributed by atoms with Crippen LogP contribution in [0.5, 0.6) is 0 Å². The molecule has 4 nitrogen and oxygen atoms in total. The SMILES string of the molecule is CC(NC(=O)c1cccc(F)c1NN)C1CC1. The van der Waals surface area contributed by atoms with Gasteiger partial charge in [0.25, 0.3) is 5.91 Å². The Balaban J connectivity index is 2.15. The van der Waals surface area contributed by atoms with Crippen molar-refractivity contribution in [2.45, 2.75) is 25.8 Å². The molecule has 1 aliphatic rings. The Morgan fingerprint density at radius 1 is 1.53 bits per heavy atom. The molecule has 1 saturated carbocycles. The normalized spacial score (nSPS) is 16.4. The van der Waals surface area contributed by atoms with E-state index in [2.05, 4.69) is 10.7 Å². The maximum absolute atomic E-state index is 13.4. The zero-order valence-corrected chi connectivity index (χ0v) is 9.66. The van der Waals surface area contributed by atoms with E-state index in [9.17, 15) is 9.18 Å². The molecule has 0 heterocycles. The molecule has 1 unspecified atom stereocenters. The highest BCUT2D eigenvalue weighted by atomic mass is 19.1. The first-order valence-electron chi connectivity index (χ1n) is 5.69. The Morgan fingerprint density at radius 3 is 2.82 bits per heavy atom. The van der Waals surface area contributed by atoms with Crippen LogP contribution in [0.15, 0.2) is 18.2 Å². The predicted molar refractivity (Wildman–Crippen MR) is 63.9 cm³/mol. The lowest BCUT2D eigenvalue weighted by atomic mass is 10.1. The predicted octanol–water partition coefficient (Wildman–Crippen LogP) is 1.64. The van der Waals surface area contributed by atoms with E-state index in [4.69, 9.17) is 5.84 Å². The molecule has 1 aromatic rings. The zero-order valence-electron chi connectivity index (χ0n) is 9.66. The number of hydrogen-bond acceptors (Lipinski definition) is 3. The average molecular weight is 237 g/mol. The Kier molecular flexibility index (Phi) is 3.28. The van der Waals surface area contributed by atoms with Crippen LogP contribution in [-0.2, 0) is 0 Å². The molecule has 92 valence electrons. The van der Waals surface area contributed by atoms with Crippen molar-refractivity contribution in [3.8, 4) is 0 Å². The molecule has 1 fully saturated rings. The fraction of sp³-hybridized carbons (Fsp3) is 0.417. The second kappa shape index (κ2) is 4.71. The van der Waals surface area contributed by atoms with Gasteiger partial charge in [-0.2, -0.15) is 0 Å². The molecule has 5 heteroatoms. The quantitative estimate of drug-likeness (QED) is 0.551. The van der Waals surface area contributed by atoms with Crippen molar-refractivity contribution >= 4 is 11.6 Å². The molecule has 17 heavy (non-hydrogen) atoms. The van der Waals surface area contributed by atoms with Crippen LogP contribution in [0.1, 0.15) is 30.1 Å². The van der Waals surface area contributed by atoms with E-state index in [1.165, 1.54) is 12.1 Å². The fourth-order valence-corrected chi connectivity index (χ4v) is 1.86. The third-order valence-corrected chi connectivity index (χ3v) is 3.09. The zero-order chi connectivity index (χ0) is 12.4. The van der Waals surface area contributed by atoms with Gasteiger partial charge in [0.2, 0.25) is 0 Å². The summed E-state index contributed by atoms with van der Waals surface area (Å²) in [6, 6.07) is 4.42. The molecule has 0 bridgehead atoms. The molecule has 1 aromatic carbocycles. The number of halogens is 1. The van der Waals surface area contributed by atoms with Crippen molar-refractivity contribution in [1.82, 2.24) is 5.32 Å². The largest absolute Gasteiger partial charge is 0.349 e. The summed E-state index contributed by atoms with van der Waals surface area (Å²) in [6.07, 6.45) is 2.29. The lowest BCUT2D eigenvalue weighted by Gasteiger charge is -2.15. The molecule has 0 aromatic heterocycles. The third-order valence-electron chi connectivity index (χ3n) is 3.09. The van der Waals surface area contributed by atoms with Crippen LogP contribution in [0.4, 0.5) is 10.1 Å². The Hall–Kier alpha value is -1.62. The Morgan fingerprint density at radius 2 is 2.24 bits per heavy atom. The van der Waals surface area contributed by atoms with E-state index in [1.807, 2.05) is 6.92 Å². The highest BCUT2D eigenvalue weighted by Crippen LogP contribution is 2.32. The summed E-state index contributed by atoms with van der Waals surface area (Å²) in [6.45, 7) is 1.96. The number of benzene rings is 1. The summed E-state index contributed by atoms with van der Waals surface area (Å²) < 4.78 is 13.4. The minimum atomic E-state index is -0.528. The number of nitrogen functional groups attached to an aromatic ring is 1. The van der Waals surface area contributed by atoms with E-state index >= 15 is 0 Å². The van der Waals surface area contributed by atoms with Gasteiger partial charge in [0.15, 0.2) is 0 Å². The molecule has 0 saturated heterocycles. The van der Waals surface area contributed by atoms with E-state index in [-0.39, 0.29) is 23.2 Å². The second-order valence-corrected chi connectivity index (χ2v) is 4.41. The average Bonchev–Trinajstić information content (AvgIpc) is 3.12. The minimum absolute atomic E-state index is 0.0352. The lowest BCUT2D eigenvalue weighted by molar-refractivity contribution is 0.0936. The van der Waals surface area contributed by atoms with Crippen molar-refractivity contribution in [3.05, 3.63) is 29.6 Å². The van der Waals surface area contributed by atoms with Gasteiger partial charge in [-0.05, 0) is 37.8 Å². The molecule has 0 aliphatic heterocycles. The summed E-state index contributed by atoms with van der Waals surface area (Å²) in [4.78, 5) is 11.9. The maximum Gasteiger partial charge on any atom is 0.253 e. The number of rotatable bonds is 4. The fourth-order valence-electron chi connectivity index (χ4n) is 1.86. The van der Waals surface area contributed by atoms with Crippen LogP contribution in [-0.4, -0.2) is 11.9 Å². The number of hydrazine groups is 1. The van der Waals surface area contributed by atoms with Crippen LogP contribution in [0.2, 0.25) is 0 Å². The van der Waals surface area contributed by atoms with Crippen LogP contribution in [0.25, 0.3) is 0 Å². The van der Waals surface area contributed by atoms with E-state index in [0.29, 0.717) is 5.92 Å². The summed E-state index contributed by atoms with van der Waals surface area (Å²) in [5.41, 5.74) is 2.50. The molecule has 1 aliphatic carbocycles. The van der Waals surface area contributed by atoms with Gasteiger partial charge < -0.3 is 10.7 Å². The van der Waals surface area contributed by atoms with Gasteiger partial charge >= 0.3 is 0 Å². The summed E-state index contributed by atoms with van der Waals surface area (Å²) >= 11 is 0. The van der Waals surface area contributed by atoms with Crippen LogP contribution in [0.3, 0.4) is 0 Å². The standard InChI is InChI=1S/C12H16FN3O/c1-7(8-5-6-8)15-12(17)9-3-2-4-10(13)11(9)16-14/h2-4,7-8,16H,5-6,14H2,1H3,(H,15,17). The van der Waals surface area contributed by atoms with Crippen molar-refractivity contribution in [2.24, 2.45) is 11.8 Å². The molecule has 0 radical (unpaired) electrons. The molecule has 4 N–H and O–H groups in total. The number of nitrogens with one attached hydrogen (secondary N) is 2. The summed E-state index contributed by atoms with van der Waals surface area (Å²) in [7, 11) is 0. The number of anilines is 1. The Labute approximate surface area is 99.4 Å². The third kappa shape index (κ3) is 2.55. The highest BCUT2D eigenvalue weighted by molar-refractivity contribution is 5.99. The van der Waals surface area contributed by atoms with Crippen molar-refractivity contribution in [3.63, 3.8) is 0 Å². The van der Waals surface area contributed by atoms with Crippen molar-refractivity contribution in [2.75, 3.05) is 5.43 Å². The van der Waals surface area contributed by atoms with Gasteiger partial charge in [0.05, 0.1) is 11.3 Å². The van der Waals surface area contributed by atoms with Crippen molar-refractivity contribution in [1.29, 1.82) is 0 Å². The first kappa shape index (κ1) is 11.9.